The lowest BCUT2D eigenvalue weighted by molar-refractivity contribution is -0.133. The fourth-order valence-electron chi connectivity index (χ4n) is 3.26. The number of alkyl carbamates (subject to hydrolysis) is 1. The van der Waals surface area contributed by atoms with Gasteiger partial charge in [0.15, 0.2) is 0 Å². The molecule has 0 saturated carbocycles. The summed E-state index contributed by atoms with van der Waals surface area (Å²) < 4.78 is 5.30. The zero-order chi connectivity index (χ0) is 16.9. The van der Waals surface area contributed by atoms with E-state index in [4.69, 9.17) is 4.74 Å². The first-order valence-electron chi connectivity index (χ1n) is 8.81. The van der Waals surface area contributed by atoms with E-state index in [2.05, 4.69) is 10.6 Å². The van der Waals surface area contributed by atoms with Crippen molar-refractivity contribution in [2.75, 3.05) is 26.2 Å². The highest BCUT2D eigenvalue weighted by Crippen LogP contribution is 2.19. The Balaban J connectivity index is 1.78. The monoisotopic (exact) mass is 325 g/mol. The highest BCUT2D eigenvalue weighted by Gasteiger charge is 2.28. The number of hydrogen-bond donors (Lipinski definition) is 2. The van der Waals surface area contributed by atoms with E-state index in [1.807, 2.05) is 25.7 Å². The highest BCUT2D eigenvalue weighted by atomic mass is 16.6. The molecule has 0 aromatic rings. The number of likely N-dealkylation sites (tertiary alicyclic amines) is 1. The summed E-state index contributed by atoms with van der Waals surface area (Å²) in [5.74, 6) is 0.732. The first kappa shape index (κ1) is 18.0. The number of ether oxygens (including phenoxy) is 1. The number of piperidine rings is 2. The van der Waals surface area contributed by atoms with Crippen LogP contribution >= 0.6 is 0 Å². The molecule has 6 nitrogen and oxygen atoms in total. The number of nitrogens with one attached hydrogen (secondary N) is 2. The maximum Gasteiger partial charge on any atom is 0.407 e. The minimum absolute atomic E-state index is 0.00410. The van der Waals surface area contributed by atoms with Crippen molar-refractivity contribution in [3.63, 3.8) is 0 Å². The molecule has 0 aromatic heterocycles. The zero-order valence-electron chi connectivity index (χ0n) is 14.7. The Morgan fingerprint density at radius 3 is 2.57 bits per heavy atom. The normalized spacial score (nSPS) is 23.4. The summed E-state index contributed by atoms with van der Waals surface area (Å²) >= 11 is 0. The van der Waals surface area contributed by atoms with E-state index in [1.54, 1.807) is 0 Å². The molecule has 2 saturated heterocycles. The van der Waals surface area contributed by atoms with Gasteiger partial charge in [-0.3, -0.25) is 4.79 Å². The number of nitrogens with zero attached hydrogens (tertiary/aromatic N) is 1. The van der Waals surface area contributed by atoms with Gasteiger partial charge in [0, 0.05) is 25.6 Å². The number of carbonyl (C=O) groups is 2. The van der Waals surface area contributed by atoms with Gasteiger partial charge in [-0.1, -0.05) is 0 Å². The van der Waals surface area contributed by atoms with E-state index in [0.717, 1.165) is 45.3 Å². The summed E-state index contributed by atoms with van der Waals surface area (Å²) in [5.41, 5.74) is -0.497. The average Bonchev–Trinajstić information content (AvgIpc) is 2.46. The summed E-state index contributed by atoms with van der Waals surface area (Å²) in [7, 11) is 0. The Labute approximate surface area is 139 Å². The molecular weight excluding hydrogens is 294 g/mol. The Hall–Kier alpha value is -1.30. The van der Waals surface area contributed by atoms with Gasteiger partial charge in [0.25, 0.3) is 0 Å². The predicted molar refractivity (Wildman–Crippen MR) is 89.2 cm³/mol. The van der Waals surface area contributed by atoms with Gasteiger partial charge in [-0.25, -0.2) is 4.79 Å². The summed E-state index contributed by atoms with van der Waals surface area (Å²) in [6.07, 6.45) is 4.24. The predicted octanol–water partition coefficient (Wildman–Crippen LogP) is 1.89. The van der Waals surface area contributed by atoms with Crippen LogP contribution in [0.1, 0.15) is 52.9 Å². The van der Waals surface area contributed by atoms with Gasteiger partial charge in [0.2, 0.25) is 5.91 Å². The van der Waals surface area contributed by atoms with Gasteiger partial charge in [-0.05, 0) is 65.5 Å². The molecule has 6 heteroatoms. The molecule has 2 aliphatic heterocycles. The molecule has 0 spiro atoms. The Morgan fingerprint density at radius 1 is 1.22 bits per heavy atom. The van der Waals surface area contributed by atoms with Crippen LogP contribution in [-0.4, -0.2) is 54.7 Å². The quantitative estimate of drug-likeness (QED) is 0.831. The SMILES string of the molecule is CC(C)(C)OC(=O)NC1CCCN(C(=O)CC2CCNCC2)C1. The summed E-state index contributed by atoms with van der Waals surface area (Å²) in [5, 5.41) is 6.23. The molecule has 2 heterocycles. The van der Waals surface area contributed by atoms with E-state index in [-0.39, 0.29) is 11.9 Å². The molecule has 23 heavy (non-hydrogen) atoms. The average molecular weight is 325 g/mol. The van der Waals surface area contributed by atoms with Crippen molar-refractivity contribution in [3.8, 4) is 0 Å². The second-order valence-corrected chi connectivity index (χ2v) is 7.72. The van der Waals surface area contributed by atoms with Crippen LogP contribution < -0.4 is 10.6 Å². The summed E-state index contributed by atoms with van der Waals surface area (Å²) in [4.78, 5) is 26.3. The lowest BCUT2D eigenvalue weighted by Gasteiger charge is -2.34. The third-order valence-corrected chi connectivity index (χ3v) is 4.42. The molecule has 2 aliphatic rings. The second-order valence-electron chi connectivity index (χ2n) is 7.72. The van der Waals surface area contributed by atoms with Crippen LogP contribution in [0.5, 0.6) is 0 Å². The molecule has 0 bridgehead atoms. The van der Waals surface area contributed by atoms with Crippen molar-refractivity contribution in [2.45, 2.75) is 64.5 Å². The van der Waals surface area contributed by atoms with E-state index < -0.39 is 11.7 Å². The number of amides is 2. The fraction of sp³-hybridized carbons (Fsp3) is 0.882. The number of carbonyl (C=O) groups excluding carboxylic acids is 2. The van der Waals surface area contributed by atoms with Crippen molar-refractivity contribution in [1.82, 2.24) is 15.5 Å². The topological polar surface area (TPSA) is 70.7 Å². The summed E-state index contributed by atoms with van der Waals surface area (Å²) in [6.45, 7) is 8.98. The van der Waals surface area contributed by atoms with Gasteiger partial charge >= 0.3 is 6.09 Å². The minimum Gasteiger partial charge on any atom is -0.444 e. The molecule has 132 valence electrons. The summed E-state index contributed by atoms with van der Waals surface area (Å²) in [6, 6.07) is -0.00410. The molecular formula is C17H31N3O3. The van der Waals surface area contributed by atoms with Crippen LogP contribution in [0.25, 0.3) is 0 Å². The van der Waals surface area contributed by atoms with Crippen LogP contribution in [0.15, 0.2) is 0 Å². The van der Waals surface area contributed by atoms with Gasteiger partial charge < -0.3 is 20.3 Å². The molecule has 0 radical (unpaired) electrons. The third kappa shape index (κ3) is 6.37. The smallest absolute Gasteiger partial charge is 0.407 e. The standard InChI is InChI=1S/C17H31N3O3/c1-17(2,3)23-16(22)19-14-5-4-10-20(12-14)15(21)11-13-6-8-18-9-7-13/h13-14,18H,4-12H2,1-3H3,(H,19,22). The Morgan fingerprint density at radius 2 is 1.91 bits per heavy atom. The Bertz CT molecular complexity index is 414. The molecule has 0 aromatic carbocycles. The lowest BCUT2D eigenvalue weighted by Crippen LogP contribution is -2.50. The minimum atomic E-state index is -0.497. The van der Waals surface area contributed by atoms with Gasteiger partial charge in [0.1, 0.15) is 5.60 Å². The zero-order valence-corrected chi connectivity index (χ0v) is 14.7. The molecule has 1 unspecified atom stereocenters. The molecule has 1 atom stereocenters. The largest absolute Gasteiger partial charge is 0.444 e. The number of rotatable bonds is 3. The molecule has 2 N–H and O–H groups in total. The van der Waals surface area contributed by atoms with Crippen LogP contribution in [0.2, 0.25) is 0 Å². The van der Waals surface area contributed by atoms with E-state index >= 15 is 0 Å². The van der Waals surface area contributed by atoms with Crippen LogP contribution in [0.3, 0.4) is 0 Å². The highest BCUT2D eigenvalue weighted by molar-refractivity contribution is 5.76. The lowest BCUT2D eigenvalue weighted by atomic mass is 9.93. The third-order valence-electron chi connectivity index (χ3n) is 4.42. The Kier molecular flexibility index (Phi) is 6.27. The fourth-order valence-corrected chi connectivity index (χ4v) is 3.26. The first-order valence-corrected chi connectivity index (χ1v) is 8.81. The second kappa shape index (κ2) is 7.99. The van der Waals surface area contributed by atoms with Crippen molar-refractivity contribution in [2.24, 2.45) is 5.92 Å². The van der Waals surface area contributed by atoms with Crippen molar-refractivity contribution < 1.29 is 14.3 Å². The van der Waals surface area contributed by atoms with Gasteiger partial charge in [0.05, 0.1) is 0 Å². The maximum absolute atomic E-state index is 12.5. The van der Waals surface area contributed by atoms with Crippen LogP contribution in [0, 0.1) is 5.92 Å². The maximum atomic E-state index is 12.5. The molecule has 2 rings (SSSR count). The molecule has 0 aliphatic carbocycles. The van der Waals surface area contributed by atoms with E-state index in [1.165, 1.54) is 0 Å². The van der Waals surface area contributed by atoms with Gasteiger partial charge in [-0.2, -0.15) is 0 Å². The van der Waals surface area contributed by atoms with Crippen LogP contribution in [-0.2, 0) is 9.53 Å². The van der Waals surface area contributed by atoms with Crippen molar-refractivity contribution in [1.29, 1.82) is 0 Å². The van der Waals surface area contributed by atoms with E-state index in [9.17, 15) is 9.59 Å². The molecule has 2 amide bonds. The van der Waals surface area contributed by atoms with Crippen molar-refractivity contribution in [3.05, 3.63) is 0 Å². The van der Waals surface area contributed by atoms with Crippen LogP contribution in [0.4, 0.5) is 4.79 Å². The first-order chi connectivity index (χ1) is 10.8. The molecule has 2 fully saturated rings. The van der Waals surface area contributed by atoms with E-state index in [0.29, 0.717) is 18.9 Å². The number of hydrogen-bond acceptors (Lipinski definition) is 4. The van der Waals surface area contributed by atoms with Gasteiger partial charge in [-0.15, -0.1) is 0 Å². The van der Waals surface area contributed by atoms with Crippen molar-refractivity contribution >= 4 is 12.0 Å².